The number of carboxylic acids is 1. The first-order valence-corrected chi connectivity index (χ1v) is 9.61. The van der Waals surface area contributed by atoms with E-state index in [0.717, 1.165) is 30.3 Å². The number of piperazine rings is 1. The molecular formula is C18H19FN2O4S. The molecule has 6 nitrogen and oxygen atoms in total. The van der Waals surface area contributed by atoms with Gasteiger partial charge in [-0.25, -0.2) is 17.6 Å². The van der Waals surface area contributed by atoms with Crippen molar-refractivity contribution >= 4 is 16.0 Å². The third kappa shape index (κ3) is 3.92. The molecule has 0 aromatic heterocycles. The van der Waals surface area contributed by atoms with Gasteiger partial charge in [0.25, 0.3) is 0 Å². The molecule has 1 N–H and O–H groups in total. The van der Waals surface area contributed by atoms with Gasteiger partial charge in [-0.15, -0.1) is 0 Å². The molecule has 0 aliphatic carbocycles. The molecule has 0 atom stereocenters. The van der Waals surface area contributed by atoms with Crippen LogP contribution in [0.4, 0.5) is 4.39 Å². The van der Waals surface area contributed by atoms with Crippen LogP contribution in [-0.2, 0) is 16.6 Å². The fraction of sp³-hybridized carbons (Fsp3) is 0.278. The third-order valence-electron chi connectivity index (χ3n) is 4.38. The maximum atomic E-state index is 14.0. The molecule has 1 aliphatic heterocycles. The first-order valence-electron chi connectivity index (χ1n) is 8.17. The molecule has 0 unspecified atom stereocenters. The van der Waals surface area contributed by atoms with E-state index in [2.05, 4.69) is 4.90 Å². The number of carbonyl (C=O) groups is 1. The van der Waals surface area contributed by atoms with Gasteiger partial charge in [-0.2, -0.15) is 4.31 Å². The van der Waals surface area contributed by atoms with Gasteiger partial charge in [0, 0.05) is 32.7 Å². The van der Waals surface area contributed by atoms with E-state index in [1.807, 2.05) is 30.3 Å². The monoisotopic (exact) mass is 378 g/mol. The summed E-state index contributed by atoms with van der Waals surface area (Å²) < 4.78 is 40.7. The molecule has 8 heteroatoms. The molecule has 0 spiro atoms. The summed E-state index contributed by atoms with van der Waals surface area (Å²) in [5.74, 6) is -2.24. The Balaban J connectivity index is 1.72. The van der Waals surface area contributed by atoms with Gasteiger partial charge in [-0.3, -0.25) is 4.90 Å². The van der Waals surface area contributed by atoms with Crippen molar-refractivity contribution in [2.75, 3.05) is 26.2 Å². The van der Waals surface area contributed by atoms with Crippen LogP contribution in [0.2, 0.25) is 0 Å². The number of carboxylic acid groups (broad SMARTS) is 1. The van der Waals surface area contributed by atoms with E-state index in [1.165, 1.54) is 4.31 Å². The van der Waals surface area contributed by atoms with Gasteiger partial charge in [0.15, 0.2) is 0 Å². The number of rotatable bonds is 5. The number of halogens is 1. The van der Waals surface area contributed by atoms with Crippen molar-refractivity contribution in [2.24, 2.45) is 0 Å². The Morgan fingerprint density at radius 1 is 1.04 bits per heavy atom. The highest BCUT2D eigenvalue weighted by Gasteiger charge is 2.31. The molecule has 2 aromatic rings. The number of hydrogen-bond donors (Lipinski definition) is 1. The summed E-state index contributed by atoms with van der Waals surface area (Å²) in [6.07, 6.45) is 0. The Kier molecular flexibility index (Phi) is 5.36. The number of benzene rings is 2. The van der Waals surface area contributed by atoms with Crippen molar-refractivity contribution in [3.8, 4) is 0 Å². The predicted octanol–water partition coefficient (Wildman–Crippen LogP) is 2.03. The molecule has 1 heterocycles. The zero-order valence-corrected chi connectivity index (χ0v) is 14.8. The Bertz CT molecular complexity index is 895. The van der Waals surface area contributed by atoms with Crippen LogP contribution in [0.15, 0.2) is 53.4 Å². The van der Waals surface area contributed by atoms with Gasteiger partial charge in [0.05, 0.1) is 5.56 Å². The second kappa shape index (κ2) is 7.53. The Labute approximate surface area is 151 Å². The van der Waals surface area contributed by atoms with Crippen LogP contribution in [0.3, 0.4) is 0 Å². The topological polar surface area (TPSA) is 77.9 Å². The lowest BCUT2D eigenvalue weighted by Gasteiger charge is -2.34. The van der Waals surface area contributed by atoms with Crippen LogP contribution in [0.5, 0.6) is 0 Å². The summed E-state index contributed by atoms with van der Waals surface area (Å²) in [6.45, 7) is 2.22. The predicted molar refractivity (Wildman–Crippen MR) is 93.8 cm³/mol. The van der Waals surface area contributed by atoms with Crippen molar-refractivity contribution in [1.29, 1.82) is 0 Å². The molecule has 0 saturated carbocycles. The molecule has 2 aromatic carbocycles. The summed E-state index contributed by atoms with van der Waals surface area (Å²) in [5.41, 5.74) is 0.886. The molecule has 138 valence electrons. The van der Waals surface area contributed by atoms with Crippen LogP contribution in [0, 0.1) is 5.82 Å². The standard InChI is InChI=1S/C18H19FN2O4S/c19-16-7-6-15(18(22)23)12-17(16)26(24,25)21-10-8-20(9-11-21)13-14-4-2-1-3-5-14/h1-7,12H,8-11,13H2,(H,22,23). The van der Waals surface area contributed by atoms with Crippen LogP contribution in [0.25, 0.3) is 0 Å². The largest absolute Gasteiger partial charge is 0.478 e. The average molecular weight is 378 g/mol. The zero-order valence-electron chi connectivity index (χ0n) is 14.0. The lowest BCUT2D eigenvalue weighted by molar-refractivity contribution is 0.0696. The van der Waals surface area contributed by atoms with Gasteiger partial charge in [-0.1, -0.05) is 30.3 Å². The molecule has 3 rings (SSSR count). The molecular weight excluding hydrogens is 359 g/mol. The Morgan fingerprint density at radius 3 is 2.31 bits per heavy atom. The van der Waals surface area contributed by atoms with Gasteiger partial charge < -0.3 is 5.11 Å². The summed E-state index contributed by atoms with van der Waals surface area (Å²) in [7, 11) is -4.08. The molecule has 0 bridgehead atoms. The first kappa shape index (κ1) is 18.5. The van der Waals surface area contributed by atoms with E-state index in [-0.39, 0.29) is 18.7 Å². The minimum absolute atomic E-state index is 0.228. The Hall–Kier alpha value is -2.29. The van der Waals surface area contributed by atoms with Gasteiger partial charge in [-0.05, 0) is 23.8 Å². The molecule has 26 heavy (non-hydrogen) atoms. The zero-order chi connectivity index (χ0) is 18.7. The van der Waals surface area contributed by atoms with Gasteiger partial charge >= 0.3 is 5.97 Å². The van der Waals surface area contributed by atoms with Crippen molar-refractivity contribution in [3.05, 3.63) is 65.5 Å². The SMILES string of the molecule is O=C(O)c1ccc(F)c(S(=O)(=O)N2CCN(Cc3ccccc3)CC2)c1. The van der Waals surface area contributed by atoms with Crippen LogP contribution in [0.1, 0.15) is 15.9 Å². The van der Waals surface area contributed by atoms with E-state index in [0.29, 0.717) is 13.1 Å². The normalized spacial score (nSPS) is 16.5. The van der Waals surface area contributed by atoms with Gasteiger partial charge in [0.2, 0.25) is 10.0 Å². The molecule has 1 aliphatic rings. The van der Waals surface area contributed by atoms with Crippen molar-refractivity contribution in [2.45, 2.75) is 11.4 Å². The van der Waals surface area contributed by atoms with E-state index >= 15 is 0 Å². The highest BCUT2D eigenvalue weighted by atomic mass is 32.2. The lowest BCUT2D eigenvalue weighted by Crippen LogP contribution is -2.48. The number of sulfonamides is 1. The second-order valence-electron chi connectivity index (χ2n) is 6.12. The van der Waals surface area contributed by atoms with Crippen LogP contribution < -0.4 is 0 Å². The van der Waals surface area contributed by atoms with E-state index < -0.39 is 26.7 Å². The number of aromatic carboxylic acids is 1. The fourth-order valence-electron chi connectivity index (χ4n) is 2.94. The second-order valence-corrected chi connectivity index (χ2v) is 8.02. The number of hydrogen-bond acceptors (Lipinski definition) is 4. The van der Waals surface area contributed by atoms with Crippen molar-refractivity contribution in [3.63, 3.8) is 0 Å². The lowest BCUT2D eigenvalue weighted by atomic mass is 10.2. The van der Waals surface area contributed by atoms with E-state index in [9.17, 15) is 17.6 Å². The minimum Gasteiger partial charge on any atom is -0.478 e. The maximum absolute atomic E-state index is 14.0. The van der Waals surface area contributed by atoms with Crippen molar-refractivity contribution < 1.29 is 22.7 Å². The fourth-order valence-corrected chi connectivity index (χ4v) is 4.46. The van der Waals surface area contributed by atoms with E-state index in [4.69, 9.17) is 5.11 Å². The highest BCUT2D eigenvalue weighted by Crippen LogP contribution is 2.22. The Morgan fingerprint density at radius 2 is 1.69 bits per heavy atom. The first-order chi connectivity index (χ1) is 12.4. The molecule has 1 saturated heterocycles. The maximum Gasteiger partial charge on any atom is 0.335 e. The van der Waals surface area contributed by atoms with Crippen LogP contribution >= 0.6 is 0 Å². The van der Waals surface area contributed by atoms with Gasteiger partial charge in [0.1, 0.15) is 10.7 Å². The molecule has 1 fully saturated rings. The highest BCUT2D eigenvalue weighted by molar-refractivity contribution is 7.89. The number of nitrogens with zero attached hydrogens (tertiary/aromatic N) is 2. The summed E-state index contributed by atoms with van der Waals surface area (Å²) in [5, 5.41) is 9.01. The van der Waals surface area contributed by atoms with Crippen LogP contribution in [-0.4, -0.2) is 54.9 Å². The quantitative estimate of drug-likeness (QED) is 0.861. The smallest absolute Gasteiger partial charge is 0.335 e. The minimum atomic E-state index is -4.08. The summed E-state index contributed by atoms with van der Waals surface area (Å²) in [6, 6.07) is 12.7. The molecule has 0 radical (unpaired) electrons. The van der Waals surface area contributed by atoms with Crippen molar-refractivity contribution in [1.82, 2.24) is 9.21 Å². The third-order valence-corrected chi connectivity index (χ3v) is 6.29. The molecule has 0 amide bonds. The average Bonchev–Trinajstić information content (AvgIpc) is 2.63. The summed E-state index contributed by atoms with van der Waals surface area (Å²) >= 11 is 0. The summed E-state index contributed by atoms with van der Waals surface area (Å²) in [4.78, 5) is 12.6. The van der Waals surface area contributed by atoms with E-state index in [1.54, 1.807) is 0 Å².